The monoisotopic (exact) mass is 783 g/mol. The number of aliphatic hydroxyl groups is 1. The molecular formula is C42H46BrN3O7. The van der Waals surface area contributed by atoms with Crippen molar-refractivity contribution >= 4 is 45.3 Å². The molecule has 3 aromatic rings. The SMILES string of the molecule is C=CCCC(=O)NC[C@@H](OC(=O)[C@H]1[C@@H]2O[C@@]3(CC2Br)[C@@H]1C(=O)N([C@H](CO)c1ccccc1)[C@@H]3C(=O)N(CC=C)c1c(C)cccc1C)c1ccccc1. The summed E-state index contributed by atoms with van der Waals surface area (Å²) in [5.41, 5.74) is 2.32. The fourth-order valence-corrected chi connectivity index (χ4v) is 9.37. The van der Waals surface area contributed by atoms with E-state index in [4.69, 9.17) is 9.47 Å². The Labute approximate surface area is 319 Å². The summed E-state index contributed by atoms with van der Waals surface area (Å²) < 4.78 is 13.0. The van der Waals surface area contributed by atoms with Crippen LogP contribution in [0.5, 0.6) is 0 Å². The van der Waals surface area contributed by atoms with Crippen LogP contribution in [-0.2, 0) is 28.7 Å². The average Bonchev–Trinajstić information content (AvgIpc) is 3.76. The Bertz CT molecular complexity index is 1840. The summed E-state index contributed by atoms with van der Waals surface area (Å²) >= 11 is 3.75. The van der Waals surface area contributed by atoms with Gasteiger partial charge in [0.2, 0.25) is 11.8 Å². The molecule has 1 spiro atoms. The molecule has 1 unspecified atom stereocenters. The molecule has 3 heterocycles. The van der Waals surface area contributed by atoms with Crippen LogP contribution in [0.25, 0.3) is 0 Å². The van der Waals surface area contributed by atoms with Crippen LogP contribution in [0.3, 0.4) is 0 Å². The van der Waals surface area contributed by atoms with Crippen LogP contribution in [0.15, 0.2) is 104 Å². The van der Waals surface area contributed by atoms with Gasteiger partial charge in [0, 0.05) is 23.5 Å². The van der Waals surface area contributed by atoms with Crippen LogP contribution in [0.4, 0.5) is 5.69 Å². The molecule has 2 N–H and O–H groups in total. The summed E-state index contributed by atoms with van der Waals surface area (Å²) in [5.74, 6) is -3.90. The molecule has 0 radical (unpaired) electrons. The maximum absolute atomic E-state index is 15.3. The molecule has 0 aliphatic carbocycles. The number of carbonyl (C=O) groups is 4. The first-order valence-corrected chi connectivity index (χ1v) is 18.9. The first-order chi connectivity index (χ1) is 25.6. The van der Waals surface area contributed by atoms with Crippen molar-refractivity contribution in [3.05, 3.63) is 126 Å². The number of aryl methyl sites for hydroxylation is 2. The fraction of sp³-hybridized carbons (Fsp3) is 0.381. The van der Waals surface area contributed by atoms with Gasteiger partial charge >= 0.3 is 5.97 Å². The molecule has 3 aromatic carbocycles. The van der Waals surface area contributed by atoms with Crippen molar-refractivity contribution < 1.29 is 33.8 Å². The van der Waals surface area contributed by atoms with E-state index in [1.807, 2.05) is 80.6 Å². The van der Waals surface area contributed by atoms with Gasteiger partial charge < -0.3 is 29.7 Å². The third kappa shape index (κ3) is 7.10. The van der Waals surface area contributed by atoms with Gasteiger partial charge in [-0.15, -0.1) is 13.2 Å². The van der Waals surface area contributed by atoms with Gasteiger partial charge in [-0.05, 0) is 48.9 Å². The molecule has 3 amide bonds. The Balaban J connectivity index is 1.42. The van der Waals surface area contributed by atoms with Gasteiger partial charge in [0.15, 0.2) is 0 Å². The number of nitrogens with zero attached hydrogens (tertiary/aromatic N) is 2. The highest BCUT2D eigenvalue weighted by molar-refractivity contribution is 9.09. The largest absolute Gasteiger partial charge is 0.455 e. The van der Waals surface area contributed by atoms with Crippen molar-refractivity contribution in [3.8, 4) is 0 Å². The van der Waals surface area contributed by atoms with Crippen molar-refractivity contribution in [1.82, 2.24) is 10.2 Å². The van der Waals surface area contributed by atoms with Crippen molar-refractivity contribution in [2.24, 2.45) is 11.8 Å². The van der Waals surface area contributed by atoms with E-state index in [0.717, 1.165) is 11.1 Å². The second kappa shape index (κ2) is 16.2. The third-order valence-electron chi connectivity index (χ3n) is 10.7. The minimum atomic E-state index is -1.42. The number of anilines is 1. The van der Waals surface area contributed by atoms with Crippen LogP contribution >= 0.6 is 15.9 Å². The number of allylic oxidation sites excluding steroid dienone is 1. The Morgan fingerprint density at radius 1 is 1.02 bits per heavy atom. The van der Waals surface area contributed by atoms with Gasteiger partial charge in [-0.25, -0.2) is 0 Å². The molecule has 10 nitrogen and oxygen atoms in total. The zero-order valence-electron chi connectivity index (χ0n) is 30.0. The summed E-state index contributed by atoms with van der Waals surface area (Å²) in [6, 6.07) is 21.8. The molecule has 6 rings (SSSR count). The molecule has 278 valence electrons. The number of nitrogens with one attached hydrogen (secondary N) is 1. The number of para-hydroxylation sites is 1. The number of rotatable bonds is 15. The van der Waals surface area contributed by atoms with Gasteiger partial charge in [-0.3, -0.25) is 19.2 Å². The topological polar surface area (TPSA) is 125 Å². The quantitative estimate of drug-likeness (QED) is 0.116. The number of amides is 3. The number of likely N-dealkylation sites (tertiary alicyclic amines) is 1. The predicted octanol–water partition coefficient (Wildman–Crippen LogP) is 5.67. The Hall–Kier alpha value is -4.58. The summed E-state index contributed by atoms with van der Waals surface area (Å²) in [6.45, 7) is 11.2. The lowest BCUT2D eigenvalue weighted by molar-refractivity contribution is -0.160. The van der Waals surface area contributed by atoms with Crippen molar-refractivity contribution in [1.29, 1.82) is 0 Å². The highest BCUT2D eigenvalue weighted by Gasteiger charge is 2.77. The molecule has 2 bridgehead atoms. The number of hydrogen-bond acceptors (Lipinski definition) is 7. The highest BCUT2D eigenvalue weighted by atomic mass is 79.9. The molecule has 3 aliphatic rings. The lowest BCUT2D eigenvalue weighted by atomic mass is 9.70. The first-order valence-electron chi connectivity index (χ1n) is 18.0. The number of fused-ring (bicyclic) bond motifs is 1. The molecule has 11 heteroatoms. The maximum Gasteiger partial charge on any atom is 0.313 e. The normalized spacial score (nSPS) is 25.3. The van der Waals surface area contributed by atoms with E-state index >= 15 is 9.59 Å². The summed E-state index contributed by atoms with van der Waals surface area (Å²) in [4.78, 5) is 60.1. The number of ether oxygens (including phenoxy) is 2. The minimum Gasteiger partial charge on any atom is -0.455 e. The van der Waals surface area contributed by atoms with Crippen LogP contribution in [-0.4, -0.2) is 76.0 Å². The average molecular weight is 785 g/mol. The van der Waals surface area contributed by atoms with Gasteiger partial charge in [-0.1, -0.05) is 107 Å². The Morgan fingerprint density at radius 2 is 1.66 bits per heavy atom. The van der Waals surface area contributed by atoms with Gasteiger partial charge in [-0.2, -0.15) is 0 Å². The van der Waals surface area contributed by atoms with E-state index in [2.05, 4.69) is 34.4 Å². The molecule has 3 aliphatic heterocycles. The first kappa shape index (κ1) is 38.2. The van der Waals surface area contributed by atoms with Crippen molar-refractivity contribution in [2.45, 2.75) is 67.8 Å². The molecule has 3 fully saturated rings. The van der Waals surface area contributed by atoms with E-state index in [0.29, 0.717) is 23.2 Å². The predicted molar refractivity (Wildman–Crippen MR) is 205 cm³/mol. The molecule has 0 saturated carbocycles. The number of alkyl halides is 1. The van der Waals surface area contributed by atoms with Gasteiger partial charge in [0.05, 0.1) is 37.1 Å². The summed E-state index contributed by atoms with van der Waals surface area (Å²) in [5, 5.41) is 13.8. The number of benzene rings is 3. The summed E-state index contributed by atoms with van der Waals surface area (Å²) in [6.07, 6.45) is 2.69. The van der Waals surface area contributed by atoms with Crippen LogP contribution in [0.2, 0.25) is 0 Å². The molecule has 8 atom stereocenters. The second-order valence-corrected chi connectivity index (χ2v) is 15.1. The van der Waals surface area contributed by atoms with Gasteiger partial charge in [0.25, 0.3) is 5.91 Å². The molecular weight excluding hydrogens is 738 g/mol. The van der Waals surface area contributed by atoms with Crippen LogP contribution in [0.1, 0.15) is 53.7 Å². The highest BCUT2D eigenvalue weighted by Crippen LogP contribution is 2.61. The molecule has 0 aromatic heterocycles. The summed E-state index contributed by atoms with van der Waals surface area (Å²) in [7, 11) is 0. The smallest absolute Gasteiger partial charge is 0.313 e. The van der Waals surface area contributed by atoms with Crippen molar-refractivity contribution in [3.63, 3.8) is 0 Å². The minimum absolute atomic E-state index is 0.0194. The zero-order chi connectivity index (χ0) is 37.9. The molecule has 53 heavy (non-hydrogen) atoms. The Kier molecular flexibility index (Phi) is 11.7. The number of hydrogen-bond donors (Lipinski definition) is 2. The van der Waals surface area contributed by atoms with Gasteiger partial charge in [0.1, 0.15) is 17.7 Å². The number of halogens is 1. The second-order valence-electron chi connectivity index (χ2n) is 14.0. The number of aliphatic hydroxyl groups excluding tert-OH is 1. The standard InChI is InChI=1S/C42H46BrN3O7/c1-5-7-21-33(48)44-24-32(29-19-12-9-13-20-29)52-41(51)34-35-39(49)46(31(25-47)28-17-10-8-11-18-28)38(42(35)23-30(43)37(34)53-42)40(50)45(22-6-2)36-26(3)15-14-16-27(36)4/h5-6,8-20,30-32,34-35,37-38,47H,1-2,7,21-25H2,3-4H3,(H,44,48)/t30?,31-,32-,34-,35+,37-,38-,42+/m1/s1. The van der Waals surface area contributed by atoms with Crippen LogP contribution < -0.4 is 10.2 Å². The fourth-order valence-electron chi connectivity index (χ4n) is 8.42. The van der Waals surface area contributed by atoms with E-state index in [9.17, 15) is 14.7 Å². The zero-order valence-corrected chi connectivity index (χ0v) is 31.6. The maximum atomic E-state index is 15.3. The molecule has 3 saturated heterocycles. The lowest BCUT2D eigenvalue weighted by Gasteiger charge is -2.40. The van der Waals surface area contributed by atoms with E-state index in [1.165, 1.54) is 4.90 Å². The van der Waals surface area contributed by atoms with E-state index < -0.39 is 66.1 Å². The van der Waals surface area contributed by atoms with Crippen LogP contribution in [0, 0.1) is 25.7 Å². The van der Waals surface area contributed by atoms with E-state index in [1.54, 1.807) is 29.2 Å². The lowest BCUT2D eigenvalue weighted by Crippen LogP contribution is -2.58. The van der Waals surface area contributed by atoms with E-state index in [-0.39, 0.29) is 36.7 Å². The third-order valence-corrected chi connectivity index (χ3v) is 11.5. The number of carbonyl (C=O) groups excluding carboxylic acids is 4. The Morgan fingerprint density at radius 3 is 2.26 bits per heavy atom. The number of esters is 1. The van der Waals surface area contributed by atoms with Crippen molar-refractivity contribution in [2.75, 3.05) is 24.6 Å².